The first kappa shape index (κ1) is 18.4. The summed E-state index contributed by atoms with van der Waals surface area (Å²) in [6.07, 6.45) is -1.65. The van der Waals surface area contributed by atoms with Gasteiger partial charge in [-0.2, -0.15) is 13.2 Å². The Morgan fingerprint density at radius 1 is 1.08 bits per heavy atom. The summed E-state index contributed by atoms with van der Waals surface area (Å²) in [5.74, 6) is -2.26. The predicted octanol–water partition coefficient (Wildman–Crippen LogP) is 3.46. The number of nitrogens with zero attached hydrogens (tertiary/aromatic N) is 1. The van der Waals surface area contributed by atoms with Crippen LogP contribution in [-0.2, 0) is 11.0 Å². The number of ketones is 1. The standard InChI is InChI=1S/C17H20F3NO3/c18-17(19,20)14-6-4-12(5-7-14)16(24)13(10-15(22)23)11-21-8-2-1-3-9-21/h4-7,13H,1-3,8-11H2,(H,22,23). The zero-order valence-corrected chi connectivity index (χ0v) is 13.2. The second-order valence-corrected chi connectivity index (χ2v) is 6.10. The third kappa shape index (κ3) is 5.06. The Balaban J connectivity index is 2.12. The first-order chi connectivity index (χ1) is 11.3. The molecule has 7 heteroatoms. The number of likely N-dealkylation sites (tertiary alicyclic amines) is 1. The zero-order valence-electron chi connectivity index (χ0n) is 13.2. The predicted molar refractivity (Wildman–Crippen MR) is 81.8 cm³/mol. The summed E-state index contributed by atoms with van der Waals surface area (Å²) in [6.45, 7) is 1.96. The summed E-state index contributed by atoms with van der Waals surface area (Å²) < 4.78 is 37.8. The average Bonchev–Trinajstić information content (AvgIpc) is 2.53. The van der Waals surface area contributed by atoms with E-state index >= 15 is 0 Å². The highest BCUT2D eigenvalue weighted by Crippen LogP contribution is 2.29. The van der Waals surface area contributed by atoms with E-state index in [1.165, 1.54) is 0 Å². The van der Waals surface area contributed by atoms with Gasteiger partial charge in [0.1, 0.15) is 0 Å². The number of Topliss-reactive ketones (excluding diaryl/α,β-unsaturated/α-hetero) is 1. The van der Waals surface area contributed by atoms with Gasteiger partial charge in [0.05, 0.1) is 12.0 Å². The molecule has 132 valence electrons. The van der Waals surface area contributed by atoms with Gasteiger partial charge in [-0.15, -0.1) is 0 Å². The number of carbonyl (C=O) groups is 2. The van der Waals surface area contributed by atoms with Crippen molar-refractivity contribution in [2.45, 2.75) is 31.9 Å². The molecule has 24 heavy (non-hydrogen) atoms. The average molecular weight is 343 g/mol. The summed E-state index contributed by atoms with van der Waals surface area (Å²) in [4.78, 5) is 25.7. The maximum Gasteiger partial charge on any atom is 0.416 e. The maximum absolute atomic E-state index is 12.6. The smallest absolute Gasteiger partial charge is 0.416 e. The first-order valence-electron chi connectivity index (χ1n) is 7.93. The number of aliphatic carboxylic acids is 1. The van der Waals surface area contributed by atoms with Gasteiger partial charge in [-0.1, -0.05) is 18.6 Å². The number of carbonyl (C=O) groups excluding carboxylic acids is 1. The van der Waals surface area contributed by atoms with Crippen molar-refractivity contribution in [2.24, 2.45) is 5.92 Å². The van der Waals surface area contributed by atoms with Crippen molar-refractivity contribution >= 4 is 11.8 Å². The Kier molecular flexibility index (Phi) is 5.99. The van der Waals surface area contributed by atoms with E-state index in [1.54, 1.807) is 0 Å². The van der Waals surface area contributed by atoms with Crippen molar-refractivity contribution in [2.75, 3.05) is 19.6 Å². The number of rotatable bonds is 6. The number of hydrogen-bond donors (Lipinski definition) is 1. The van der Waals surface area contributed by atoms with Crippen LogP contribution in [0.1, 0.15) is 41.6 Å². The van der Waals surface area contributed by atoms with Gasteiger partial charge >= 0.3 is 12.1 Å². The van der Waals surface area contributed by atoms with E-state index in [9.17, 15) is 22.8 Å². The summed E-state index contributed by atoms with van der Waals surface area (Å²) in [6, 6.07) is 3.95. The molecule has 0 radical (unpaired) electrons. The number of carboxylic acid groups (broad SMARTS) is 1. The fourth-order valence-corrected chi connectivity index (χ4v) is 2.96. The van der Waals surface area contributed by atoms with Gasteiger partial charge in [0.2, 0.25) is 0 Å². The van der Waals surface area contributed by atoms with E-state index in [1.807, 2.05) is 0 Å². The number of benzene rings is 1. The fourth-order valence-electron chi connectivity index (χ4n) is 2.96. The maximum atomic E-state index is 12.6. The highest BCUT2D eigenvalue weighted by Gasteiger charge is 2.31. The van der Waals surface area contributed by atoms with Crippen LogP contribution in [0.3, 0.4) is 0 Å². The fraction of sp³-hybridized carbons (Fsp3) is 0.529. The lowest BCUT2D eigenvalue weighted by molar-refractivity contribution is -0.138. The normalized spacial score (nSPS) is 17.5. The molecule has 1 N–H and O–H groups in total. The molecule has 1 saturated heterocycles. The molecule has 0 saturated carbocycles. The molecule has 1 aromatic rings. The van der Waals surface area contributed by atoms with Crippen LogP contribution in [0.5, 0.6) is 0 Å². The summed E-state index contributed by atoms with van der Waals surface area (Å²) in [5.41, 5.74) is -0.712. The van der Waals surface area contributed by atoms with Crippen LogP contribution in [0.15, 0.2) is 24.3 Å². The summed E-state index contributed by atoms with van der Waals surface area (Å²) >= 11 is 0. The molecule has 0 spiro atoms. The third-order valence-corrected chi connectivity index (χ3v) is 4.22. The van der Waals surface area contributed by atoms with Crippen LogP contribution in [-0.4, -0.2) is 41.4 Å². The van der Waals surface area contributed by atoms with Crippen molar-refractivity contribution in [3.8, 4) is 0 Å². The molecule has 1 aliphatic rings. The molecule has 0 amide bonds. The molecule has 1 fully saturated rings. The van der Waals surface area contributed by atoms with E-state index in [4.69, 9.17) is 5.11 Å². The molecule has 1 aliphatic heterocycles. The van der Waals surface area contributed by atoms with E-state index in [0.717, 1.165) is 56.6 Å². The molecular formula is C17H20F3NO3. The van der Waals surface area contributed by atoms with Crippen LogP contribution in [0.2, 0.25) is 0 Å². The van der Waals surface area contributed by atoms with Crippen LogP contribution in [0.25, 0.3) is 0 Å². The van der Waals surface area contributed by atoms with Gasteiger partial charge in [0.25, 0.3) is 0 Å². The lowest BCUT2D eigenvalue weighted by atomic mass is 9.92. The third-order valence-electron chi connectivity index (χ3n) is 4.22. The topological polar surface area (TPSA) is 57.6 Å². The van der Waals surface area contributed by atoms with E-state index < -0.39 is 29.4 Å². The molecule has 1 unspecified atom stereocenters. The number of hydrogen-bond acceptors (Lipinski definition) is 3. The zero-order chi connectivity index (χ0) is 17.7. The number of carboxylic acids is 1. The van der Waals surface area contributed by atoms with Crippen LogP contribution >= 0.6 is 0 Å². The lowest BCUT2D eigenvalue weighted by Crippen LogP contribution is -2.37. The highest BCUT2D eigenvalue weighted by atomic mass is 19.4. The molecule has 1 aromatic carbocycles. The summed E-state index contributed by atoms with van der Waals surface area (Å²) in [5, 5.41) is 9.04. The number of piperidine rings is 1. The Morgan fingerprint density at radius 3 is 2.17 bits per heavy atom. The molecular weight excluding hydrogens is 323 g/mol. The Hall–Kier alpha value is -1.89. The van der Waals surface area contributed by atoms with E-state index in [0.29, 0.717) is 6.54 Å². The van der Waals surface area contributed by atoms with Crippen molar-refractivity contribution in [1.82, 2.24) is 4.90 Å². The second kappa shape index (κ2) is 7.79. The van der Waals surface area contributed by atoms with Crippen molar-refractivity contribution < 1.29 is 27.9 Å². The monoisotopic (exact) mass is 343 g/mol. The Morgan fingerprint density at radius 2 is 1.67 bits per heavy atom. The minimum absolute atomic E-state index is 0.117. The number of alkyl halides is 3. The largest absolute Gasteiger partial charge is 0.481 e. The molecule has 2 rings (SSSR count). The minimum atomic E-state index is -4.46. The number of halogens is 3. The molecule has 4 nitrogen and oxygen atoms in total. The highest BCUT2D eigenvalue weighted by molar-refractivity contribution is 5.99. The van der Waals surface area contributed by atoms with Crippen LogP contribution in [0.4, 0.5) is 13.2 Å². The van der Waals surface area contributed by atoms with Crippen molar-refractivity contribution in [3.05, 3.63) is 35.4 Å². The van der Waals surface area contributed by atoms with Gasteiger partial charge in [-0.25, -0.2) is 0 Å². The quantitative estimate of drug-likeness (QED) is 0.804. The lowest BCUT2D eigenvalue weighted by Gasteiger charge is -2.29. The van der Waals surface area contributed by atoms with Gasteiger partial charge in [-0.3, -0.25) is 9.59 Å². The first-order valence-corrected chi connectivity index (χ1v) is 7.93. The Labute approximate surface area is 138 Å². The van der Waals surface area contributed by atoms with E-state index in [-0.39, 0.29) is 12.0 Å². The van der Waals surface area contributed by atoms with Crippen LogP contribution < -0.4 is 0 Å². The summed E-state index contributed by atoms with van der Waals surface area (Å²) in [7, 11) is 0. The van der Waals surface area contributed by atoms with Crippen molar-refractivity contribution in [3.63, 3.8) is 0 Å². The Bertz CT molecular complexity index is 578. The van der Waals surface area contributed by atoms with Gasteiger partial charge in [0.15, 0.2) is 5.78 Å². The SMILES string of the molecule is O=C(O)CC(CN1CCCCC1)C(=O)c1ccc(C(F)(F)F)cc1. The minimum Gasteiger partial charge on any atom is -0.481 e. The molecule has 0 aliphatic carbocycles. The second-order valence-electron chi connectivity index (χ2n) is 6.10. The molecule has 0 aromatic heterocycles. The molecule has 1 heterocycles. The van der Waals surface area contributed by atoms with Gasteiger partial charge in [0, 0.05) is 18.0 Å². The molecule has 0 bridgehead atoms. The van der Waals surface area contributed by atoms with Gasteiger partial charge in [-0.05, 0) is 38.1 Å². The molecule has 1 atom stereocenters. The van der Waals surface area contributed by atoms with Gasteiger partial charge < -0.3 is 10.0 Å². The van der Waals surface area contributed by atoms with E-state index in [2.05, 4.69) is 4.90 Å². The van der Waals surface area contributed by atoms with Crippen molar-refractivity contribution in [1.29, 1.82) is 0 Å². The van der Waals surface area contributed by atoms with Crippen LogP contribution in [0, 0.1) is 5.92 Å².